The van der Waals surface area contributed by atoms with Crippen LogP contribution in [0.5, 0.6) is 0 Å². The lowest BCUT2D eigenvalue weighted by atomic mass is 10.2. The number of anilines is 1. The number of aromatic nitrogens is 3. The molecule has 3 heterocycles. The molecule has 0 aromatic carbocycles. The first-order chi connectivity index (χ1) is 11.6. The van der Waals surface area contributed by atoms with E-state index in [1.165, 1.54) is 11.5 Å². The molecule has 0 spiro atoms. The van der Waals surface area contributed by atoms with Crippen molar-refractivity contribution in [3.8, 4) is 0 Å². The van der Waals surface area contributed by atoms with Gasteiger partial charge in [-0.15, -0.1) is 0 Å². The molecule has 0 atom stereocenters. The number of amides is 1. The molecular weight excluding hydrogens is 324 g/mol. The Morgan fingerprint density at radius 1 is 1.33 bits per heavy atom. The minimum Gasteiger partial charge on any atom is -0.378 e. The van der Waals surface area contributed by atoms with Gasteiger partial charge >= 0.3 is 0 Å². The molecule has 1 aliphatic heterocycles. The van der Waals surface area contributed by atoms with Gasteiger partial charge in [-0.2, -0.15) is 4.37 Å². The molecule has 2 aromatic rings. The van der Waals surface area contributed by atoms with Gasteiger partial charge in [0.1, 0.15) is 10.8 Å². The fraction of sp³-hybridized carbons (Fsp3) is 0.562. The molecule has 2 aromatic heterocycles. The minimum atomic E-state index is 0.0874. The van der Waals surface area contributed by atoms with Crippen LogP contribution in [0.25, 0.3) is 0 Å². The Morgan fingerprint density at radius 3 is 2.88 bits per heavy atom. The summed E-state index contributed by atoms with van der Waals surface area (Å²) < 4.78 is 6.36. The number of hydrogen-bond acceptors (Lipinski definition) is 6. The molecule has 0 bridgehead atoms. The van der Waals surface area contributed by atoms with Gasteiger partial charge in [-0.05, 0) is 24.9 Å². The van der Waals surface area contributed by atoms with Crippen LogP contribution in [0.3, 0.4) is 0 Å². The molecule has 8 heteroatoms. The van der Waals surface area contributed by atoms with Crippen molar-refractivity contribution in [1.29, 1.82) is 0 Å². The third-order valence-corrected chi connectivity index (χ3v) is 5.42. The van der Waals surface area contributed by atoms with Crippen molar-refractivity contribution in [2.24, 2.45) is 7.05 Å². The predicted molar refractivity (Wildman–Crippen MR) is 95.4 cm³/mol. The van der Waals surface area contributed by atoms with Crippen molar-refractivity contribution in [1.82, 2.24) is 23.7 Å². The molecular formula is C16H24N6OS. The van der Waals surface area contributed by atoms with Crippen LogP contribution in [0, 0.1) is 6.92 Å². The average Bonchev–Trinajstić information content (AvgIpc) is 3.05. The van der Waals surface area contributed by atoms with Crippen LogP contribution in [0.4, 0.5) is 5.00 Å². The minimum absolute atomic E-state index is 0.0874. The highest BCUT2D eigenvalue weighted by Gasteiger charge is 2.25. The third kappa shape index (κ3) is 3.44. The second-order valence-corrected chi connectivity index (χ2v) is 6.87. The van der Waals surface area contributed by atoms with E-state index in [1.54, 1.807) is 0 Å². The van der Waals surface area contributed by atoms with E-state index in [0.717, 1.165) is 61.2 Å². The maximum absolute atomic E-state index is 12.9. The van der Waals surface area contributed by atoms with Gasteiger partial charge < -0.3 is 14.8 Å². The Hall–Kier alpha value is -1.93. The van der Waals surface area contributed by atoms with Gasteiger partial charge in [0.25, 0.3) is 5.91 Å². The first kappa shape index (κ1) is 16.9. The topological polar surface area (TPSA) is 66.3 Å². The zero-order chi connectivity index (χ0) is 17.1. The number of carbonyl (C=O) groups excluding carboxylic acids is 1. The number of imidazole rings is 1. The summed E-state index contributed by atoms with van der Waals surface area (Å²) in [4.78, 5) is 21.6. The van der Waals surface area contributed by atoms with Gasteiger partial charge in [0.2, 0.25) is 0 Å². The van der Waals surface area contributed by atoms with Crippen LogP contribution < -0.4 is 5.32 Å². The summed E-state index contributed by atoms with van der Waals surface area (Å²) in [6.45, 7) is 6.10. The third-order valence-electron chi connectivity index (χ3n) is 4.47. The Balaban J connectivity index is 1.66. The van der Waals surface area contributed by atoms with Crippen LogP contribution >= 0.6 is 11.5 Å². The molecule has 0 radical (unpaired) electrons. The summed E-state index contributed by atoms with van der Waals surface area (Å²) in [7, 11) is 3.85. The van der Waals surface area contributed by atoms with Crippen molar-refractivity contribution < 1.29 is 4.79 Å². The number of rotatable bonds is 4. The average molecular weight is 348 g/mol. The van der Waals surface area contributed by atoms with E-state index in [4.69, 9.17) is 0 Å². The summed E-state index contributed by atoms with van der Waals surface area (Å²) in [6.07, 6.45) is 4.77. The van der Waals surface area contributed by atoms with E-state index < -0.39 is 0 Å². The van der Waals surface area contributed by atoms with Gasteiger partial charge in [-0.25, -0.2) is 4.98 Å². The van der Waals surface area contributed by atoms with Crippen molar-refractivity contribution in [2.75, 3.05) is 38.5 Å². The van der Waals surface area contributed by atoms with Crippen LogP contribution in [0.15, 0.2) is 12.4 Å². The number of nitrogens with zero attached hydrogens (tertiary/aromatic N) is 5. The van der Waals surface area contributed by atoms with Crippen LogP contribution in [0.2, 0.25) is 0 Å². The number of carbonyl (C=O) groups is 1. The fourth-order valence-electron chi connectivity index (χ4n) is 3.03. The molecule has 24 heavy (non-hydrogen) atoms. The molecule has 3 rings (SSSR count). The summed E-state index contributed by atoms with van der Waals surface area (Å²) in [6, 6.07) is 0. The summed E-state index contributed by atoms with van der Waals surface area (Å²) >= 11 is 1.35. The van der Waals surface area contributed by atoms with Crippen molar-refractivity contribution in [3.63, 3.8) is 0 Å². The molecule has 1 fully saturated rings. The zero-order valence-corrected chi connectivity index (χ0v) is 15.3. The van der Waals surface area contributed by atoms with Crippen molar-refractivity contribution >= 4 is 22.4 Å². The lowest BCUT2D eigenvalue weighted by molar-refractivity contribution is 0.0761. The van der Waals surface area contributed by atoms with E-state index in [-0.39, 0.29) is 5.91 Å². The molecule has 0 aliphatic carbocycles. The van der Waals surface area contributed by atoms with Gasteiger partial charge in [0.05, 0.1) is 17.8 Å². The number of nitrogens with one attached hydrogen (secondary N) is 1. The molecule has 1 saturated heterocycles. The normalized spacial score (nSPS) is 16.2. The maximum atomic E-state index is 12.9. The lowest BCUT2D eigenvalue weighted by Crippen LogP contribution is -2.35. The van der Waals surface area contributed by atoms with E-state index in [0.29, 0.717) is 0 Å². The number of aryl methyl sites for hydroxylation is 2. The van der Waals surface area contributed by atoms with E-state index in [2.05, 4.69) is 19.6 Å². The van der Waals surface area contributed by atoms with E-state index >= 15 is 0 Å². The molecule has 1 aliphatic rings. The molecule has 1 amide bonds. The Kier molecular flexibility index (Phi) is 5.15. The SMILES string of the molecule is CNc1snc(C)c1C(=O)N1CCCN(Cc2nccn2C)CC1. The van der Waals surface area contributed by atoms with Crippen molar-refractivity contribution in [3.05, 3.63) is 29.5 Å². The Bertz CT molecular complexity index is 709. The molecule has 0 saturated carbocycles. The molecule has 0 unspecified atom stereocenters. The first-order valence-corrected chi connectivity index (χ1v) is 8.99. The van der Waals surface area contributed by atoms with Gasteiger partial charge in [0.15, 0.2) is 0 Å². The molecule has 1 N–H and O–H groups in total. The highest BCUT2D eigenvalue weighted by Crippen LogP contribution is 2.25. The van der Waals surface area contributed by atoms with Gasteiger partial charge in [0, 0.05) is 52.7 Å². The van der Waals surface area contributed by atoms with Gasteiger partial charge in [-0.1, -0.05) is 0 Å². The first-order valence-electron chi connectivity index (χ1n) is 8.22. The van der Waals surface area contributed by atoms with Crippen LogP contribution in [-0.2, 0) is 13.6 Å². The highest BCUT2D eigenvalue weighted by atomic mass is 32.1. The van der Waals surface area contributed by atoms with E-state index in [9.17, 15) is 4.79 Å². The smallest absolute Gasteiger partial charge is 0.258 e. The molecule has 7 nitrogen and oxygen atoms in total. The molecule has 130 valence electrons. The standard InChI is InChI=1S/C16H24N6OS/c1-12-14(15(17-2)24-19-12)16(23)22-7-4-6-21(9-10-22)11-13-18-5-8-20(13)3/h5,8,17H,4,6-7,9-11H2,1-3H3. The van der Waals surface area contributed by atoms with Crippen molar-refractivity contribution in [2.45, 2.75) is 19.9 Å². The fourth-order valence-corrected chi connectivity index (χ4v) is 3.77. The summed E-state index contributed by atoms with van der Waals surface area (Å²) in [5.41, 5.74) is 1.53. The van der Waals surface area contributed by atoms with E-state index in [1.807, 2.05) is 42.9 Å². The second kappa shape index (κ2) is 7.31. The zero-order valence-electron chi connectivity index (χ0n) is 14.4. The summed E-state index contributed by atoms with van der Waals surface area (Å²) in [5.74, 6) is 1.15. The monoisotopic (exact) mass is 348 g/mol. The number of hydrogen-bond donors (Lipinski definition) is 1. The predicted octanol–water partition coefficient (Wildman–Crippen LogP) is 1.57. The Morgan fingerprint density at radius 2 is 2.17 bits per heavy atom. The maximum Gasteiger partial charge on any atom is 0.258 e. The highest BCUT2D eigenvalue weighted by molar-refractivity contribution is 7.10. The second-order valence-electron chi connectivity index (χ2n) is 6.10. The van der Waals surface area contributed by atoms with Gasteiger partial charge in [-0.3, -0.25) is 9.69 Å². The Labute approximate surface area is 146 Å². The lowest BCUT2D eigenvalue weighted by Gasteiger charge is -2.22. The van der Waals surface area contributed by atoms with Crippen LogP contribution in [-0.4, -0.2) is 62.9 Å². The quantitative estimate of drug-likeness (QED) is 0.909. The van der Waals surface area contributed by atoms with Crippen LogP contribution in [0.1, 0.15) is 28.3 Å². The summed E-state index contributed by atoms with van der Waals surface area (Å²) in [5, 5.41) is 3.94. The largest absolute Gasteiger partial charge is 0.378 e.